The predicted molar refractivity (Wildman–Crippen MR) is 312 cm³/mol. The molecule has 6 atom stereocenters. The molecule has 79 heavy (non-hydrogen) atoms. The van der Waals surface area contributed by atoms with E-state index in [1.807, 2.05) is 0 Å². The van der Waals surface area contributed by atoms with Crippen LogP contribution in [0.25, 0.3) is 0 Å². The van der Waals surface area contributed by atoms with Gasteiger partial charge in [0.2, 0.25) is 0 Å². The molecule has 0 radical (unpaired) electrons. The van der Waals surface area contributed by atoms with Crippen LogP contribution in [-0.4, -0.2) is 96.7 Å². The van der Waals surface area contributed by atoms with Crippen LogP contribution >= 0.6 is 15.6 Å². The number of phosphoric acid groups is 2. The van der Waals surface area contributed by atoms with Gasteiger partial charge in [0.05, 0.1) is 26.4 Å². The molecule has 0 spiro atoms. The van der Waals surface area contributed by atoms with E-state index in [-0.39, 0.29) is 25.7 Å². The quantitative estimate of drug-likeness (QED) is 0.0222. The van der Waals surface area contributed by atoms with Crippen LogP contribution in [0.2, 0.25) is 0 Å². The van der Waals surface area contributed by atoms with Crippen molar-refractivity contribution >= 4 is 39.5 Å². The minimum Gasteiger partial charge on any atom is -0.462 e. The lowest BCUT2D eigenvalue weighted by Crippen LogP contribution is -2.30. The summed E-state index contributed by atoms with van der Waals surface area (Å²) in [6, 6.07) is 0. The minimum atomic E-state index is -4.94. The first kappa shape index (κ1) is 77.1. The van der Waals surface area contributed by atoms with Gasteiger partial charge in [0.15, 0.2) is 12.2 Å². The Balaban J connectivity index is 5.20. The van der Waals surface area contributed by atoms with Gasteiger partial charge in [0.25, 0.3) is 0 Å². The monoisotopic (exact) mass is 1170 g/mol. The summed E-state index contributed by atoms with van der Waals surface area (Å²) < 4.78 is 67.7. The Morgan fingerprint density at radius 3 is 0.899 bits per heavy atom. The van der Waals surface area contributed by atoms with E-state index in [4.69, 9.17) is 37.0 Å². The molecule has 3 unspecified atom stereocenters. The van der Waals surface area contributed by atoms with Crippen LogP contribution in [0.1, 0.15) is 298 Å². The van der Waals surface area contributed by atoms with Crippen molar-refractivity contribution in [2.45, 2.75) is 316 Å². The number of carbonyl (C=O) groups is 4. The first-order chi connectivity index (χ1) is 38.1. The lowest BCUT2D eigenvalue weighted by Gasteiger charge is -2.21. The molecule has 0 aromatic carbocycles. The highest BCUT2D eigenvalue weighted by atomic mass is 31.2. The van der Waals surface area contributed by atoms with Crippen molar-refractivity contribution in [2.24, 2.45) is 5.92 Å². The van der Waals surface area contributed by atoms with Crippen LogP contribution in [-0.2, 0) is 65.4 Å². The van der Waals surface area contributed by atoms with Gasteiger partial charge in [-0.15, -0.1) is 0 Å². The topological polar surface area (TPSA) is 237 Å². The van der Waals surface area contributed by atoms with Crippen LogP contribution in [0, 0.1) is 5.92 Å². The van der Waals surface area contributed by atoms with Crippen LogP contribution in [0.3, 0.4) is 0 Å². The molecule has 0 saturated carbocycles. The molecule has 0 rings (SSSR count). The maximum Gasteiger partial charge on any atom is 0.472 e. The Morgan fingerprint density at radius 1 is 0.354 bits per heavy atom. The Hall–Kier alpha value is -1.94. The smallest absolute Gasteiger partial charge is 0.462 e. The summed E-state index contributed by atoms with van der Waals surface area (Å²) in [5.41, 5.74) is 0. The maximum atomic E-state index is 12.9. The highest BCUT2D eigenvalue weighted by Gasteiger charge is 2.30. The van der Waals surface area contributed by atoms with E-state index in [0.29, 0.717) is 25.7 Å². The lowest BCUT2D eigenvalue weighted by atomic mass is 9.99. The predicted octanol–water partition coefficient (Wildman–Crippen LogP) is 16.2. The maximum absolute atomic E-state index is 12.9. The second kappa shape index (κ2) is 54.0. The highest BCUT2D eigenvalue weighted by molar-refractivity contribution is 7.47. The number of phosphoric ester groups is 2. The summed E-state index contributed by atoms with van der Waals surface area (Å²) in [5, 5.41) is 10.5. The number of esters is 4. The number of hydrogen-bond donors (Lipinski definition) is 3. The second-order valence-electron chi connectivity index (χ2n) is 22.0. The van der Waals surface area contributed by atoms with Crippen molar-refractivity contribution in [3.8, 4) is 0 Å². The lowest BCUT2D eigenvalue weighted by molar-refractivity contribution is -0.161. The molecule has 0 aromatic heterocycles. The molecule has 468 valence electrons. The molecule has 0 aliphatic heterocycles. The number of unbranched alkanes of at least 4 members (excludes halogenated alkanes) is 31. The second-order valence-corrected chi connectivity index (χ2v) is 24.9. The summed E-state index contributed by atoms with van der Waals surface area (Å²) in [6.07, 6.45) is 36.2. The Bertz CT molecular complexity index is 1550. The zero-order chi connectivity index (χ0) is 58.5. The van der Waals surface area contributed by atoms with Gasteiger partial charge in [-0.25, -0.2) is 9.13 Å². The first-order valence-electron chi connectivity index (χ1n) is 31.7. The van der Waals surface area contributed by atoms with E-state index < -0.39 is 97.5 Å². The molecule has 0 amide bonds. The van der Waals surface area contributed by atoms with Crippen LogP contribution in [0.15, 0.2) is 0 Å². The number of carbonyl (C=O) groups excluding carboxylic acids is 4. The van der Waals surface area contributed by atoms with Crippen molar-refractivity contribution in [2.75, 3.05) is 39.6 Å². The summed E-state index contributed by atoms with van der Waals surface area (Å²) in [5.74, 6) is -1.34. The van der Waals surface area contributed by atoms with Crippen molar-refractivity contribution in [3.63, 3.8) is 0 Å². The highest BCUT2D eigenvalue weighted by Crippen LogP contribution is 2.45. The van der Waals surface area contributed by atoms with Gasteiger partial charge >= 0.3 is 39.5 Å². The van der Waals surface area contributed by atoms with Gasteiger partial charge in [-0.1, -0.05) is 247 Å². The standard InChI is InChI=1S/C60H116O17P2/c1-6-10-13-16-19-24-30-34-39-44-58(63)71-50-56(77-60(65)46-41-36-31-26-23-22-25-27-32-37-42-53(5)9-4)52-75-79(68,69)73-48-54(61)47-72-78(66,67)74-51-55(76-59(64)45-40-35-29-21-18-15-12-8-3)49-70-57(62)43-38-33-28-20-17-14-11-7-2/h53-56,61H,6-52H2,1-5H3,(H,66,67)(H,68,69)/t53?,54-,55+,56+/m0/s1. The third kappa shape index (κ3) is 53.8. The Morgan fingerprint density at radius 2 is 0.608 bits per heavy atom. The Labute approximate surface area is 479 Å². The average Bonchev–Trinajstić information content (AvgIpc) is 3.42. The van der Waals surface area contributed by atoms with Gasteiger partial charge in [0.1, 0.15) is 19.3 Å². The number of aliphatic hydroxyl groups excluding tert-OH is 1. The minimum absolute atomic E-state index is 0.105. The number of ether oxygens (including phenoxy) is 4. The van der Waals surface area contributed by atoms with E-state index in [0.717, 1.165) is 109 Å². The fourth-order valence-corrected chi connectivity index (χ4v) is 10.4. The van der Waals surface area contributed by atoms with Crippen LogP contribution in [0.4, 0.5) is 0 Å². The van der Waals surface area contributed by atoms with Gasteiger partial charge < -0.3 is 33.8 Å². The molecular weight excluding hydrogens is 1050 g/mol. The molecule has 0 heterocycles. The van der Waals surface area contributed by atoms with Crippen molar-refractivity contribution in [3.05, 3.63) is 0 Å². The summed E-state index contributed by atoms with van der Waals surface area (Å²) in [4.78, 5) is 71.8. The average molecular weight is 1170 g/mol. The molecule has 3 N–H and O–H groups in total. The molecule has 0 bridgehead atoms. The number of aliphatic hydroxyl groups is 1. The van der Waals surface area contributed by atoms with Crippen LogP contribution < -0.4 is 0 Å². The normalized spacial score (nSPS) is 14.7. The van der Waals surface area contributed by atoms with E-state index in [2.05, 4.69) is 34.6 Å². The molecule has 0 fully saturated rings. The largest absolute Gasteiger partial charge is 0.472 e. The van der Waals surface area contributed by atoms with Crippen molar-refractivity contribution in [1.82, 2.24) is 0 Å². The molecule has 0 aliphatic carbocycles. The fourth-order valence-electron chi connectivity index (χ4n) is 8.84. The third-order valence-corrected chi connectivity index (χ3v) is 16.0. The first-order valence-corrected chi connectivity index (χ1v) is 34.7. The van der Waals surface area contributed by atoms with E-state index in [1.54, 1.807) is 0 Å². The third-order valence-electron chi connectivity index (χ3n) is 14.1. The van der Waals surface area contributed by atoms with Gasteiger partial charge in [0, 0.05) is 25.7 Å². The molecular formula is C60H116O17P2. The summed E-state index contributed by atoms with van der Waals surface area (Å²) in [7, 11) is -9.87. The summed E-state index contributed by atoms with van der Waals surface area (Å²) in [6.45, 7) is 7.12. The summed E-state index contributed by atoms with van der Waals surface area (Å²) >= 11 is 0. The van der Waals surface area contributed by atoms with Crippen molar-refractivity contribution in [1.29, 1.82) is 0 Å². The van der Waals surface area contributed by atoms with Gasteiger partial charge in [-0.05, 0) is 31.6 Å². The van der Waals surface area contributed by atoms with Gasteiger partial charge in [-0.3, -0.25) is 37.3 Å². The van der Waals surface area contributed by atoms with E-state index >= 15 is 0 Å². The molecule has 19 heteroatoms. The number of hydrogen-bond acceptors (Lipinski definition) is 15. The molecule has 0 aliphatic rings. The zero-order valence-corrected chi connectivity index (χ0v) is 52.3. The van der Waals surface area contributed by atoms with Crippen molar-refractivity contribution < 1.29 is 80.2 Å². The fraction of sp³-hybridized carbons (Fsp3) is 0.933. The molecule has 17 nitrogen and oxygen atoms in total. The molecule has 0 saturated heterocycles. The van der Waals surface area contributed by atoms with E-state index in [9.17, 15) is 43.2 Å². The van der Waals surface area contributed by atoms with Gasteiger partial charge in [-0.2, -0.15) is 0 Å². The molecule has 0 aromatic rings. The SMILES string of the molecule is CCCCCCCCCCCC(=O)OC[C@H](COP(=O)(O)OC[C@@H](O)COP(=O)(O)OC[C@@H](COC(=O)CCCCCCCCCC)OC(=O)CCCCCCCCCC)OC(=O)CCCCCCCCCCCCC(C)CC. The Kier molecular flexibility index (Phi) is 52.7. The number of rotatable bonds is 60. The zero-order valence-electron chi connectivity index (χ0n) is 50.5. The van der Waals surface area contributed by atoms with E-state index in [1.165, 1.54) is 109 Å². The van der Waals surface area contributed by atoms with Crippen LogP contribution in [0.5, 0.6) is 0 Å².